The summed E-state index contributed by atoms with van der Waals surface area (Å²) in [6.45, 7) is 6.20. The van der Waals surface area contributed by atoms with E-state index >= 15 is 0 Å². The van der Waals surface area contributed by atoms with Crippen molar-refractivity contribution >= 4 is 5.91 Å². The molecular weight excluding hydrogens is 244 g/mol. The molecule has 0 fully saturated rings. The molecular formula is C14H22N2O3. The zero-order valence-corrected chi connectivity index (χ0v) is 11.9. The summed E-state index contributed by atoms with van der Waals surface area (Å²) in [4.78, 5) is 10.9. The first-order valence-corrected chi connectivity index (χ1v) is 6.30. The number of amides is 1. The Bertz CT molecular complexity index is 433. The van der Waals surface area contributed by atoms with Crippen LogP contribution in [0.15, 0.2) is 18.2 Å². The van der Waals surface area contributed by atoms with Gasteiger partial charge in [0.25, 0.3) is 0 Å². The molecule has 0 aromatic heterocycles. The van der Waals surface area contributed by atoms with Crippen molar-refractivity contribution in [2.24, 2.45) is 5.73 Å². The second-order valence-corrected chi connectivity index (χ2v) is 4.66. The summed E-state index contributed by atoms with van der Waals surface area (Å²) < 4.78 is 10.9. The van der Waals surface area contributed by atoms with Crippen LogP contribution >= 0.6 is 0 Å². The topological polar surface area (TPSA) is 73.6 Å². The maximum atomic E-state index is 10.9. The van der Waals surface area contributed by atoms with E-state index in [2.05, 4.69) is 5.32 Å². The van der Waals surface area contributed by atoms with Crippen molar-refractivity contribution in [2.75, 3.05) is 7.11 Å². The van der Waals surface area contributed by atoms with Gasteiger partial charge >= 0.3 is 0 Å². The molecule has 5 heteroatoms. The summed E-state index contributed by atoms with van der Waals surface area (Å²) in [7, 11) is 1.60. The number of carbonyl (C=O) groups excluding carboxylic acids is 1. The third-order valence-electron chi connectivity index (χ3n) is 2.63. The van der Waals surface area contributed by atoms with Crippen LogP contribution < -0.4 is 20.5 Å². The molecule has 0 bridgehead atoms. The fourth-order valence-corrected chi connectivity index (χ4v) is 1.54. The number of nitrogens with two attached hydrogens (primary N) is 1. The first-order valence-electron chi connectivity index (χ1n) is 6.30. The van der Waals surface area contributed by atoms with Crippen LogP contribution in [0.3, 0.4) is 0 Å². The fraction of sp³-hybridized carbons (Fsp3) is 0.500. The number of carbonyl (C=O) groups is 1. The van der Waals surface area contributed by atoms with E-state index in [1.165, 1.54) is 0 Å². The van der Waals surface area contributed by atoms with Gasteiger partial charge in [0.15, 0.2) is 11.5 Å². The molecule has 1 aromatic rings. The lowest BCUT2D eigenvalue weighted by atomic mass is 10.2. The number of primary amides is 1. The zero-order chi connectivity index (χ0) is 14.4. The molecule has 1 unspecified atom stereocenters. The van der Waals surface area contributed by atoms with Crippen molar-refractivity contribution in [3.8, 4) is 11.5 Å². The van der Waals surface area contributed by atoms with E-state index < -0.39 is 0 Å². The van der Waals surface area contributed by atoms with E-state index in [1.807, 2.05) is 32.0 Å². The number of benzene rings is 1. The van der Waals surface area contributed by atoms with Gasteiger partial charge in [-0.3, -0.25) is 4.79 Å². The number of ether oxygens (including phenoxy) is 2. The molecule has 0 saturated carbocycles. The number of rotatable bonds is 7. The van der Waals surface area contributed by atoms with Gasteiger partial charge in [0.05, 0.1) is 19.3 Å². The standard InChI is InChI=1S/C14H22N2O3/c1-9(2)19-12-6-5-11(7-13(12)18-4)8-16-10(3)14(15)17/h5-7,9-10,16H,8H2,1-4H3,(H2,15,17). The molecule has 0 aliphatic heterocycles. The average molecular weight is 266 g/mol. The van der Waals surface area contributed by atoms with Crippen molar-refractivity contribution in [2.45, 2.75) is 39.5 Å². The van der Waals surface area contributed by atoms with E-state index in [4.69, 9.17) is 15.2 Å². The Morgan fingerprint density at radius 2 is 2.00 bits per heavy atom. The van der Waals surface area contributed by atoms with Crippen LogP contribution in [0.4, 0.5) is 0 Å². The van der Waals surface area contributed by atoms with Crippen LogP contribution in [-0.4, -0.2) is 25.2 Å². The molecule has 0 aliphatic rings. The molecule has 1 aromatic carbocycles. The summed E-state index contributed by atoms with van der Waals surface area (Å²) >= 11 is 0. The minimum Gasteiger partial charge on any atom is -0.493 e. The van der Waals surface area contributed by atoms with Crippen LogP contribution in [0.1, 0.15) is 26.3 Å². The van der Waals surface area contributed by atoms with Crippen LogP contribution in [0, 0.1) is 0 Å². The van der Waals surface area contributed by atoms with Gasteiger partial charge < -0.3 is 20.5 Å². The molecule has 1 atom stereocenters. The third kappa shape index (κ3) is 4.79. The Morgan fingerprint density at radius 1 is 1.32 bits per heavy atom. The van der Waals surface area contributed by atoms with Crippen molar-refractivity contribution < 1.29 is 14.3 Å². The molecule has 19 heavy (non-hydrogen) atoms. The lowest BCUT2D eigenvalue weighted by molar-refractivity contribution is -0.119. The van der Waals surface area contributed by atoms with E-state index in [0.717, 1.165) is 5.56 Å². The fourth-order valence-electron chi connectivity index (χ4n) is 1.54. The summed E-state index contributed by atoms with van der Waals surface area (Å²) in [5, 5.41) is 3.04. The zero-order valence-electron chi connectivity index (χ0n) is 11.9. The van der Waals surface area contributed by atoms with Crippen molar-refractivity contribution in [3.05, 3.63) is 23.8 Å². The molecule has 0 spiro atoms. The molecule has 0 aliphatic carbocycles. The van der Waals surface area contributed by atoms with Gasteiger partial charge in [-0.25, -0.2) is 0 Å². The second-order valence-electron chi connectivity index (χ2n) is 4.66. The Kier molecular flexibility index (Phi) is 5.63. The summed E-state index contributed by atoms with van der Waals surface area (Å²) in [5.74, 6) is 1.02. The Balaban J connectivity index is 2.73. The summed E-state index contributed by atoms with van der Waals surface area (Å²) in [5.41, 5.74) is 6.19. The minimum atomic E-state index is -0.369. The largest absolute Gasteiger partial charge is 0.493 e. The monoisotopic (exact) mass is 266 g/mol. The minimum absolute atomic E-state index is 0.0905. The lowest BCUT2D eigenvalue weighted by Crippen LogP contribution is -2.38. The molecule has 1 rings (SSSR count). The second kappa shape index (κ2) is 6.99. The highest BCUT2D eigenvalue weighted by Gasteiger charge is 2.10. The SMILES string of the molecule is COc1cc(CNC(C)C(N)=O)ccc1OC(C)C. The number of hydrogen-bond donors (Lipinski definition) is 2. The third-order valence-corrected chi connectivity index (χ3v) is 2.63. The highest BCUT2D eigenvalue weighted by Crippen LogP contribution is 2.28. The van der Waals surface area contributed by atoms with Crippen LogP contribution in [0.5, 0.6) is 11.5 Å². The highest BCUT2D eigenvalue weighted by molar-refractivity contribution is 5.79. The van der Waals surface area contributed by atoms with Gasteiger partial charge in [0, 0.05) is 6.54 Å². The predicted molar refractivity (Wildman–Crippen MR) is 74.3 cm³/mol. The normalized spacial score (nSPS) is 12.3. The first-order chi connectivity index (χ1) is 8.93. The van der Waals surface area contributed by atoms with E-state index in [-0.39, 0.29) is 18.1 Å². The van der Waals surface area contributed by atoms with Crippen LogP contribution in [0.25, 0.3) is 0 Å². The molecule has 0 radical (unpaired) electrons. The molecule has 1 amide bonds. The average Bonchev–Trinajstić information content (AvgIpc) is 2.36. The van der Waals surface area contributed by atoms with Gasteiger partial charge in [-0.1, -0.05) is 6.07 Å². The van der Waals surface area contributed by atoms with E-state index in [1.54, 1.807) is 14.0 Å². The first kappa shape index (κ1) is 15.3. The summed E-state index contributed by atoms with van der Waals surface area (Å²) in [6, 6.07) is 5.32. The van der Waals surface area contributed by atoms with Crippen LogP contribution in [-0.2, 0) is 11.3 Å². The van der Waals surface area contributed by atoms with Gasteiger partial charge in [0.1, 0.15) is 0 Å². The van der Waals surface area contributed by atoms with Gasteiger partial charge in [-0.15, -0.1) is 0 Å². The van der Waals surface area contributed by atoms with E-state index in [0.29, 0.717) is 18.0 Å². The highest BCUT2D eigenvalue weighted by atomic mass is 16.5. The molecule has 0 saturated heterocycles. The quantitative estimate of drug-likeness (QED) is 0.783. The number of nitrogens with one attached hydrogen (secondary N) is 1. The van der Waals surface area contributed by atoms with Crippen molar-refractivity contribution in [1.29, 1.82) is 0 Å². The maximum absolute atomic E-state index is 10.9. The molecule has 0 heterocycles. The van der Waals surface area contributed by atoms with Crippen molar-refractivity contribution in [1.82, 2.24) is 5.32 Å². The van der Waals surface area contributed by atoms with E-state index in [9.17, 15) is 4.79 Å². The van der Waals surface area contributed by atoms with Gasteiger partial charge in [0.2, 0.25) is 5.91 Å². The Labute approximate surface area is 114 Å². The molecule has 3 N–H and O–H groups in total. The maximum Gasteiger partial charge on any atom is 0.234 e. The Morgan fingerprint density at radius 3 is 2.53 bits per heavy atom. The molecule has 5 nitrogen and oxygen atoms in total. The van der Waals surface area contributed by atoms with Gasteiger partial charge in [-0.2, -0.15) is 0 Å². The summed E-state index contributed by atoms with van der Waals surface area (Å²) in [6.07, 6.45) is 0.0905. The van der Waals surface area contributed by atoms with Crippen molar-refractivity contribution in [3.63, 3.8) is 0 Å². The van der Waals surface area contributed by atoms with Gasteiger partial charge in [-0.05, 0) is 38.5 Å². The molecule has 106 valence electrons. The number of hydrogen-bond acceptors (Lipinski definition) is 4. The predicted octanol–water partition coefficient (Wildman–Crippen LogP) is 1.45. The number of methoxy groups -OCH3 is 1. The lowest BCUT2D eigenvalue weighted by Gasteiger charge is -2.15. The smallest absolute Gasteiger partial charge is 0.234 e. The Hall–Kier alpha value is -1.75. The van der Waals surface area contributed by atoms with Crippen LogP contribution in [0.2, 0.25) is 0 Å².